The number of carboxylic acids is 1. The molecule has 160 valence electrons. The van der Waals surface area contributed by atoms with E-state index in [0.29, 0.717) is 23.9 Å². The van der Waals surface area contributed by atoms with Crippen LogP contribution in [0.2, 0.25) is 0 Å². The summed E-state index contributed by atoms with van der Waals surface area (Å²) in [6, 6.07) is 10.9. The van der Waals surface area contributed by atoms with Crippen LogP contribution < -0.4 is 10.1 Å². The minimum absolute atomic E-state index is 0.00420. The summed E-state index contributed by atoms with van der Waals surface area (Å²) in [7, 11) is 0. The minimum atomic E-state index is -0.970. The third kappa shape index (κ3) is 6.92. The molecule has 0 aliphatic rings. The van der Waals surface area contributed by atoms with Crippen molar-refractivity contribution in [3.8, 4) is 17.0 Å². The summed E-state index contributed by atoms with van der Waals surface area (Å²) in [5, 5.41) is 12.1. The third-order valence-electron chi connectivity index (χ3n) is 3.88. The average Bonchev–Trinajstić information content (AvgIpc) is 2.66. The summed E-state index contributed by atoms with van der Waals surface area (Å²) in [5.41, 5.74) is 1.84. The lowest BCUT2D eigenvalue weighted by atomic mass is 10.0. The van der Waals surface area contributed by atoms with Gasteiger partial charge in [0.15, 0.2) is 0 Å². The van der Waals surface area contributed by atoms with Crippen molar-refractivity contribution < 1.29 is 24.2 Å². The van der Waals surface area contributed by atoms with Crippen LogP contribution in [0.5, 0.6) is 5.75 Å². The molecule has 0 bridgehead atoms. The molecule has 0 spiro atoms. The molecule has 0 aliphatic carbocycles. The molecule has 0 unspecified atom stereocenters. The number of rotatable bonds is 8. The Bertz CT molecular complexity index is 945. The molecular formula is C23H28N2O5. The Kier molecular flexibility index (Phi) is 7.58. The number of carbonyl (C=O) groups excluding carboxylic acids is 1. The van der Waals surface area contributed by atoms with Gasteiger partial charge in [-0.05, 0) is 70.5 Å². The number of nitrogens with zero attached hydrogens (tertiary/aromatic N) is 1. The zero-order valence-corrected chi connectivity index (χ0v) is 18.0. The topological polar surface area (TPSA) is 97.8 Å². The summed E-state index contributed by atoms with van der Waals surface area (Å²) in [4.78, 5) is 27.6. The first kappa shape index (κ1) is 22.9. The number of carbonyl (C=O) groups is 2. The highest BCUT2D eigenvalue weighted by molar-refractivity contribution is 5.91. The van der Waals surface area contributed by atoms with E-state index in [0.717, 1.165) is 11.1 Å². The number of hydrogen-bond donors (Lipinski definition) is 2. The lowest BCUT2D eigenvalue weighted by molar-refractivity contribution is -0.152. The van der Waals surface area contributed by atoms with E-state index < -0.39 is 11.6 Å². The molecule has 0 radical (unpaired) electrons. The first-order valence-corrected chi connectivity index (χ1v) is 9.70. The van der Waals surface area contributed by atoms with Crippen molar-refractivity contribution in [3.63, 3.8) is 0 Å². The number of ether oxygens (including phenoxy) is 2. The third-order valence-corrected chi connectivity index (χ3v) is 3.88. The normalized spacial score (nSPS) is 11.7. The van der Waals surface area contributed by atoms with Crippen LogP contribution in [0.25, 0.3) is 17.3 Å². The molecule has 1 heterocycles. The Labute approximate surface area is 176 Å². The van der Waals surface area contributed by atoms with E-state index in [-0.39, 0.29) is 18.1 Å². The molecule has 0 amide bonds. The van der Waals surface area contributed by atoms with Gasteiger partial charge in [0.05, 0.1) is 12.3 Å². The predicted octanol–water partition coefficient (Wildman–Crippen LogP) is 4.39. The van der Waals surface area contributed by atoms with Gasteiger partial charge in [0, 0.05) is 11.1 Å². The number of hydrogen-bond acceptors (Lipinski definition) is 6. The van der Waals surface area contributed by atoms with E-state index in [2.05, 4.69) is 10.3 Å². The highest BCUT2D eigenvalue weighted by atomic mass is 16.6. The van der Waals surface area contributed by atoms with E-state index in [1.54, 1.807) is 18.2 Å². The Hall–Kier alpha value is -3.35. The molecule has 7 heteroatoms. The van der Waals surface area contributed by atoms with Crippen LogP contribution in [0.4, 0.5) is 5.82 Å². The number of nitrogens with one attached hydrogen (secondary N) is 1. The summed E-state index contributed by atoms with van der Waals surface area (Å²) in [5.74, 6) is -0.204. The van der Waals surface area contributed by atoms with E-state index in [1.807, 2.05) is 52.0 Å². The van der Waals surface area contributed by atoms with Crippen LogP contribution in [-0.2, 0) is 14.3 Å². The molecule has 1 aromatic carbocycles. The highest BCUT2D eigenvalue weighted by Crippen LogP contribution is 2.31. The van der Waals surface area contributed by atoms with E-state index in [9.17, 15) is 9.59 Å². The fourth-order valence-electron chi connectivity index (χ4n) is 2.65. The zero-order chi connectivity index (χ0) is 22.3. The van der Waals surface area contributed by atoms with Gasteiger partial charge < -0.3 is 19.9 Å². The van der Waals surface area contributed by atoms with E-state index in [1.165, 1.54) is 6.92 Å². The molecule has 2 rings (SSSR count). The number of aliphatic carboxylic acids is 1. The minimum Gasteiger partial charge on any atom is -0.493 e. The monoisotopic (exact) mass is 412 g/mol. The van der Waals surface area contributed by atoms with Crippen molar-refractivity contribution in [2.75, 3.05) is 18.5 Å². The average molecular weight is 412 g/mol. The highest BCUT2D eigenvalue weighted by Gasteiger charge is 2.16. The molecular weight excluding hydrogens is 384 g/mol. The molecule has 0 saturated heterocycles. The van der Waals surface area contributed by atoms with Crippen LogP contribution in [0.3, 0.4) is 0 Å². The van der Waals surface area contributed by atoms with Gasteiger partial charge in [0.25, 0.3) is 0 Å². The number of esters is 1. The molecule has 2 aromatic rings. The second-order valence-electron chi connectivity index (χ2n) is 7.67. The second kappa shape index (κ2) is 9.91. The van der Waals surface area contributed by atoms with Gasteiger partial charge in [-0.15, -0.1) is 0 Å². The van der Waals surface area contributed by atoms with Crippen molar-refractivity contribution in [2.45, 2.75) is 40.2 Å². The first-order valence-electron chi connectivity index (χ1n) is 9.70. The van der Waals surface area contributed by atoms with Gasteiger partial charge in [-0.3, -0.25) is 4.79 Å². The summed E-state index contributed by atoms with van der Waals surface area (Å²) < 4.78 is 11.0. The Morgan fingerprint density at radius 1 is 1.20 bits per heavy atom. The lowest BCUT2D eigenvalue weighted by Crippen LogP contribution is -2.28. The van der Waals surface area contributed by atoms with Gasteiger partial charge in [-0.2, -0.15) is 0 Å². The molecule has 0 saturated carbocycles. The predicted molar refractivity (Wildman–Crippen MR) is 116 cm³/mol. The van der Waals surface area contributed by atoms with Crippen molar-refractivity contribution >= 4 is 23.8 Å². The second-order valence-corrected chi connectivity index (χ2v) is 7.67. The maximum absolute atomic E-state index is 11.9. The molecule has 30 heavy (non-hydrogen) atoms. The van der Waals surface area contributed by atoms with E-state index >= 15 is 0 Å². The number of aromatic nitrogens is 1. The Balaban J connectivity index is 2.26. The van der Waals surface area contributed by atoms with Crippen molar-refractivity contribution in [1.29, 1.82) is 0 Å². The number of carboxylic acid groups (broad SMARTS) is 1. The first-order chi connectivity index (χ1) is 14.1. The standard InChI is InChI=1S/C23H28N2O5/c1-6-29-19-13-16(12-15(2)22(27)28)10-11-17(19)18-8-7-9-20(25-18)24-14-21(26)30-23(3,4)5/h7-13H,6,14H2,1-5H3,(H,24,25)(H,27,28). The molecule has 2 N–H and O–H groups in total. The number of anilines is 1. The molecule has 0 aliphatic heterocycles. The fourth-order valence-corrected chi connectivity index (χ4v) is 2.65. The Morgan fingerprint density at radius 2 is 1.93 bits per heavy atom. The number of benzene rings is 1. The fraction of sp³-hybridized carbons (Fsp3) is 0.348. The lowest BCUT2D eigenvalue weighted by Gasteiger charge is -2.19. The molecule has 1 aromatic heterocycles. The SMILES string of the molecule is CCOc1cc(C=C(C)C(=O)O)ccc1-c1cccc(NCC(=O)OC(C)(C)C)n1. The van der Waals surface area contributed by atoms with Crippen molar-refractivity contribution in [1.82, 2.24) is 4.98 Å². The van der Waals surface area contributed by atoms with E-state index in [4.69, 9.17) is 14.6 Å². The number of pyridine rings is 1. The molecule has 0 fully saturated rings. The van der Waals surface area contributed by atoms with Gasteiger partial charge >= 0.3 is 11.9 Å². The quantitative estimate of drug-likeness (QED) is 0.490. The van der Waals surface area contributed by atoms with Crippen molar-refractivity contribution in [2.24, 2.45) is 0 Å². The summed E-state index contributed by atoms with van der Waals surface area (Å²) in [6.07, 6.45) is 1.58. The van der Waals surface area contributed by atoms with Crippen LogP contribution in [-0.4, -0.2) is 40.8 Å². The summed E-state index contributed by atoms with van der Waals surface area (Å²) in [6.45, 7) is 9.32. The van der Waals surface area contributed by atoms with Crippen LogP contribution >= 0.6 is 0 Å². The van der Waals surface area contributed by atoms with Gasteiger partial charge in [-0.1, -0.05) is 12.1 Å². The largest absolute Gasteiger partial charge is 0.493 e. The van der Waals surface area contributed by atoms with Gasteiger partial charge in [0.1, 0.15) is 23.7 Å². The van der Waals surface area contributed by atoms with Crippen molar-refractivity contribution in [3.05, 3.63) is 47.5 Å². The maximum Gasteiger partial charge on any atom is 0.331 e. The Morgan fingerprint density at radius 3 is 2.57 bits per heavy atom. The smallest absolute Gasteiger partial charge is 0.331 e. The van der Waals surface area contributed by atoms with Crippen LogP contribution in [0.15, 0.2) is 42.0 Å². The summed E-state index contributed by atoms with van der Waals surface area (Å²) >= 11 is 0. The van der Waals surface area contributed by atoms with Gasteiger partial charge in [0.2, 0.25) is 0 Å². The maximum atomic E-state index is 11.9. The molecule has 0 atom stereocenters. The zero-order valence-electron chi connectivity index (χ0n) is 18.0. The van der Waals surface area contributed by atoms with Gasteiger partial charge in [-0.25, -0.2) is 9.78 Å². The molecule has 7 nitrogen and oxygen atoms in total. The van der Waals surface area contributed by atoms with Crippen LogP contribution in [0.1, 0.15) is 40.2 Å². The van der Waals surface area contributed by atoms with Crippen LogP contribution in [0, 0.1) is 0 Å².